The molecule has 0 aromatic carbocycles. The van der Waals surface area contributed by atoms with Gasteiger partial charge in [0.1, 0.15) is 11.9 Å². The normalized spacial score (nSPS) is 26.5. The Balaban J connectivity index is 0.000000463. The number of aliphatic hydroxyl groups excluding tert-OH is 2. The number of nitrogen functional groups attached to an aromatic ring is 1. The van der Waals surface area contributed by atoms with Gasteiger partial charge in [0.2, 0.25) is 6.23 Å². The van der Waals surface area contributed by atoms with Gasteiger partial charge in [-0.25, -0.2) is 14.9 Å². The second-order valence-electron chi connectivity index (χ2n) is 4.46. The van der Waals surface area contributed by atoms with Crippen molar-refractivity contribution in [2.75, 3.05) is 12.3 Å². The summed E-state index contributed by atoms with van der Waals surface area (Å²) < 4.78 is 41.8. The minimum atomic E-state index is -4.14. The topological polar surface area (TPSA) is 194 Å². The molecule has 2 rings (SSSR count). The Hall–Kier alpha value is -1.47. The molecule has 1 saturated heterocycles. The van der Waals surface area contributed by atoms with Crippen LogP contribution in [0, 0.1) is 0 Å². The number of halogens is 2. The van der Waals surface area contributed by atoms with Gasteiger partial charge < -0.3 is 30.5 Å². The summed E-state index contributed by atoms with van der Waals surface area (Å²) in [5, 5.41) is 18.1. The summed E-state index contributed by atoms with van der Waals surface area (Å²) in [5.74, 6) is -3.83. The fourth-order valence-corrected chi connectivity index (χ4v) is 1.72. The molecule has 0 unspecified atom stereocenters. The number of anilines is 1. The molecule has 2 heterocycles. The molecule has 0 spiro atoms. The summed E-state index contributed by atoms with van der Waals surface area (Å²) in [6, 6.07) is 1.15. The fraction of sp³-hybridized carbons (Fsp3) is 0.556. The van der Waals surface area contributed by atoms with E-state index in [2.05, 4.69) is 10.5 Å². The van der Waals surface area contributed by atoms with Crippen molar-refractivity contribution in [2.45, 2.75) is 24.4 Å². The number of ether oxygens (including phenoxy) is 1. The highest BCUT2D eigenvalue weighted by Crippen LogP contribution is 2.41. The average molecular weight is 360 g/mol. The van der Waals surface area contributed by atoms with Crippen LogP contribution in [-0.2, 0) is 9.30 Å². The summed E-state index contributed by atoms with van der Waals surface area (Å²) in [6.07, 6.45) is -4.69. The monoisotopic (exact) mass is 360 g/mol. The third-order valence-electron chi connectivity index (χ3n) is 2.66. The van der Waals surface area contributed by atoms with Gasteiger partial charge >= 0.3 is 19.4 Å². The highest BCUT2D eigenvalue weighted by Gasteiger charge is 2.59. The quantitative estimate of drug-likeness (QED) is 0.314. The Morgan fingerprint density at radius 2 is 2.00 bits per heavy atom. The van der Waals surface area contributed by atoms with Gasteiger partial charge in [0.25, 0.3) is 0 Å². The minimum absolute atomic E-state index is 0.114. The number of alkyl halides is 2. The summed E-state index contributed by atoms with van der Waals surface area (Å²) in [7, 11) is -4.14. The molecule has 23 heavy (non-hydrogen) atoms. The summed E-state index contributed by atoms with van der Waals surface area (Å²) >= 11 is 0. The van der Waals surface area contributed by atoms with E-state index in [1.165, 1.54) is 0 Å². The van der Waals surface area contributed by atoms with Crippen molar-refractivity contribution in [1.29, 1.82) is 0 Å². The zero-order valence-corrected chi connectivity index (χ0v) is 12.3. The Morgan fingerprint density at radius 1 is 1.48 bits per heavy atom. The maximum absolute atomic E-state index is 13.7. The second kappa shape index (κ2) is 6.97. The smallest absolute Gasteiger partial charge is 0.394 e. The Labute approximate surface area is 127 Å². The van der Waals surface area contributed by atoms with Crippen molar-refractivity contribution in [2.24, 2.45) is 5.50 Å². The molecule has 132 valence electrons. The molecule has 11 nitrogen and oxygen atoms in total. The lowest BCUT2D eigenvalue weighted by Crippen LogP contribution is -2.41. The molecule has 0 bridgehead atoms. The van der Waals surface area contributed by atoms with Crippen LogP contribution in [0.5, 0.6) is 0 Å². The van der Waals surface area contributed by atoms with Gasteiger partial charge in [-0.05, 0) is 6.07 Å². The van der Waals surface area contributed by atoms with Gasteiger partial charge in [-0.15, -0.1) is 0 Å². The van der Waals surface area contributed by atoms with Gasteiger partial charge in [-0.2, -0.15) is 13.8 Å². The van der Waals surface area contributed by atoms with Crippen molar-refractivity contribution in [3.63, 3.8) is 0 Å². The molecule has 0 radical (unpaired) electrons. The Bertz CT molecular complexity index is 643. The van der Waals surface area contributed by atoms with Crippen LogP contribution in [0.4, 0.5) is 14.6 Å². The lowest BCUT2D eigenvalue weighted by Gasteiger charge is -2.20. The van der Waals surface area contributed by atoms with Crippen LogP contribution in [0.1, 0.15) is 6.23 Å². The number of nitrogens with zero attached hydrogens (tertiary/aromatic N) is 2. The lowest BCUT2D eigenvalue weighted by molar-refractivity contribution is -0.140. The number of hydrogen-bond acceptors (Lipinski definition) is 7. The Kier molecular flexibility index (Phi) is 5.93. The molecule has 0 amide bonds. The zero-order valence-electron chi connectivity index (χ0n) is 11.4. The van der Waals surface area contributed by atoms with Crippen molar-refractivity contribution in [1.82, 2.24) is 9.55 Å². The van der Waals surface area contributed by atoms with E-state index < -0.39 is 44.4 Å². The Morgan fingerprint density at radius 3 is 2.39 bits per heavy atom. The highest BCUT2D eigenvalue weighted by molar-refractivity contribution is 7.49. The van der Waals surface area contributed by atoms with Crippen LogP contribution in [0.25, 0.3) is 0 Å². The van der Waals surface area contributed by atoms with E-state index in [-0.39, 0.29) is 5.82 Å². The fourth-order valence-electron chi connectivity index (χ4n) is 1.72. The van der Waals surface area contributed by atoms with Gasteiger partial charge in [-0.3, -0.25) is 4.57 Å². The molecule has 0 saturated carbocycles. The SMILES string of the molecule is NP(=O)(O)O.Nc1ccn([C@@H]2O[C@H](CO)[C@@H](O)C2(F)F)c(=O)n1. The van der Waals surface area contributed by atoms with Crippen LogP contribution in [0.2, 0.25) is 0 Å². The van der Waals surface area contributed by atoms with E-state index in [1.54, 1.807) is 0 Å². The van der Waals surface area contributed by atoms with E-state index in [0.29, 0.717) is 4.57 Å². The lowest BCUT2D eigenvalue weighted by atomic mass is 10.1. The van der Waals surface area contributed by atoms with Crippen LogP contribution in [0.15, 0.2) is 17.1 Å². The molecule has 1 aromatic rings. The maximum Gasteiger partial charge on any atom is 0.397 e. The van der Waals surface area contributed by atoms with E-state index >= 15 is 0 Å². The molecule has 8 N–H and O–H groups in total. The van der Waals surface area contributed by atoms with E-state index in [4.69, 9.17) is 29.9 Å². The first-order valence-electron chi connectivity index (χ1n) is 5.89. The molecule has 14 heteroatoms. The number of rotatable bonds is 2. The molecular formula is C9H15F2N4O7P. The van der Waals surface area contributed by atoms with Gasteiger partial charge in [-0.1, -0.05) is 0 Å². The zero-order chi connectivity index (χ0) is 18.0. The highest BCUT2D eigenvalue weighted by atomic mass is 31.2. The maximum atomic E-state index is 13.7. The first-order valence-corrected chi connectivity index (χ1v) is 7.57. The predicted molar refractivity (Wildman–Crippen MR) is 71.1 cm³/mol. The molecule has 1 aliphatic rings. The van der Waals surface area contributed by atoms with Crippen molar-refractivity contribution < 1.29 is 38.1 Å². The number of aliphatic hydroxyl groups is 2. The molecule has 1 fully saturated rings. The van der Waals surface area contributed by atoms with E-state index in [9.17, 15) is 18.7 Å². The standard InChI is InChI=1S/C9H11F2N3O4.H4NO3P/c10-9(11)6(16)4(3-15)18-7(9)14-2-1-5(12)13-8(14)17;1-5(2,3)4/h1-2,4,6-7,15-16H,3H2,(H2,12,13,17);(H4,1,2,3,4)/t4-,6-,7-;/m1./s1. The molecule has 3 atom stereocenters. The minimum Gasteiger partial charge on any atom is -0.394 e. The summed E-state index contributed by atoms with van der Waals surface area (Å²) in [5.41, 5.74) is 8.23. The third-order valence-corrected chi connectivity index (χ3v) is 2.66. The van der Waals surface area contributed by atoms with Crippen LogP contribution < -0.4 is 16.9 Å². The van der Waals surface area contributed by atoms with Crippen molar-refractivity contribution >= 4 is 13.6 Å². The van der Waals surface area contributed by atoms with Crippen molar-refractivity contribution in [3.8, 4) is 0 Å². The van der Waals surface area contributed by atoms with Crippen LogP contribution in [0.3, 0.4) is 0 Å². The first kappa shape index (κ1) is 19.6. The number of nitrogens with two attached hydrogens (primary N) is 2. The summed E-state index contributed by atoms with van der Waals surface area (Å²) in [6.45, 7) is -0.787. The van der Waals surface area contributed by atoms with Crippen molar-refractivity contribution in [3.05, 3.63) is 22.7 Å². The third kappa shape index (κ3) is 5.00. The number of hydrogen-bond donors (Lipinski definition) is 6. The molecule has 1 aliphatic heterocycles. The van der Waals surface area contributed by atoms with Gasteiger partial charge in [0.15, 0.2) is 6.10 Å². The molecule has 1 aromatic heterocycles. The predicted octanol–water partition coefficient (Wildman–Crippen LogP) is -2.25. The first-order chi connectivity index (χ1) is 10.4. The number of aromatic nitrogens is 2. The second-order valence-corrected chi connectivity index (χ2v) is 5.64. The van der Waals surface area contributed by atoms with Gasteiger partial charge in [0, 0.05) is 6.20 Å². The molecular weight excluding hydrogens is 345 g/mol. The van der Waals surface area contributed by atoms with E-state index in [0.717, 1.165) is 12.3 Å². The molecule has 0 aliphatic carbocycles. The average Bonchev–Trinajstić information content (AvgIpc) is 2.60. The summed E-state index contributed by atoms with van der Waals surface area (Å²) in [4.78, 5) is 29.5. The largest absolute Gasteiger partial charge is 0.397 e. The van der Waals surface area contributed by atoms with Gasteiger partial charge in [0.05, 0.1) is 6.61 Å². The van der Waals surface area contributed by atoms with Crippen LogP contribution in [-0.4, -0.2) is 54.3 Å². The van der Waals surface area contributed by atoms with E-state index in [1.807, 2.05) is 0 Å². The van der Waals surface area contributed by atoms with Crippen LogP contribution >= 0.6 is 7.75 Å².